The molecule has 3 saturated heterocycles. The van der Waals surface area contributed by atoms with E-state index in [0.717, 1.165) is 61.2 Å². The molecule has 3 fully saturated rings. The predicted molar refractivity (Wildman–Crippen MR) is 188 cm³/mol. The molecule has 0 aromatic heterocycles. The minimum atomic E-state index is -0.992. The lowest BCUT2D eigenvalue weighted by Gasteiger charge is -2.43. The molecule has 8 heteroatoms. The summed E-state index contributed by atoms with van der Waals surface area (Å²) < 4.78 is 6.27. The first-order chi connectivity index (χ1) is 23.4. The van der Waals surface area contributed by atoms with E-state index in [9.17, 15) is 19.7 Å². The van der Waals surface area contributed by atoms with Crippen LogP contribution in [0.25, 0.3) is 11.6 Å². The van der Waals surface area contributed by atoms with Gasteiger partial charge in [0.2, 0.25) is 11.8 Å². The van der Waals surface area contributed by atoms with E-state index < -0.39 is 13.0 Å². The third-order valence-electron chi connectivity index (χ3n) is 11.0. The van der Waals surface area contributed by atoms with Gasteiger partial charge in [-0.2, -0.15) is 0 Å². The highest BCUT2D eigenvalue weighted by Crippen LogP contribution is 2.52. The number of phenols is 1. The molecule has 3 heterocycles. The summed E-state index contributed by atoms with van der Waals surface area (Å²) in [6, 6.07) is 27.8. The zero-order chi connectivity index (χ0) is 33.2. The van der Waals surface area contributed by atoms with Gasteiger partial charge in [-0.25, -0.2) is 0 Å². The van der Waals surface area contributed by atoms with Gasteiger partial charge < -0.3 is 14.8 Å². The Bertz CT molecular complexity index is 1680. The van der Waals surface area contributed by atoms with Gasteiger partial charge in [-0.15, -0.1) is 0 Å². The first-order valence-corrected chi connectivity index (χ1v) is 17.6. The number of fused-ring (bicyclic) bond motifs is 3. The zero-order valence-electron chi connectivity index (χ0n) is 27.7. The van der Waals surface area contributed by atoms with Gasteiger partial charge in [-0.05, 0) is 90.7 Å². The molecule has 2 amide bonds. The Hall–Kier alpha value is -3.98. The second kappa shape index (κ2) is 14.2. The molecule has 0 spiro atoms. The fraction of sp³-hybridized carbons (Fsp3) is 0.400. The molecule has 4 aliphatic rings. The van der Waals surface area contributed by atoms with Crippen molar-refractivity contribution in [2.45, 2.75) is 70.5 Å². The maximum Gasteiger partial charge on any atom is 0.455 e. The van der Waals surface area contributed by atoms with Crippen LogP contribution in [-0.2, 0) is 20.8 Å². The minimum Gasteiger partial charge on any atom is -0.508 e. The van der Waals surface area contributed by atoms with Crippen LogP contribution in [-0.4, -0.2) is 64.1 Å². The van der Waals surface area contributed by atoms with E-state index in [0.29, 0.717) is 25.6 Å². The molecule has 4 atom stereocenters. The number of hydrogen-bond donors (Lipinski definition) is 2. The minimum absolute atomic E-state index is 0.0190. The van der Waals surface area contributed by atoms with E-state index in [2.05, 4.69) is 54.3 Å². The maximum atomic E-state index is 14.3. The summed E-state index contributed by atoms with van der Waals surface area (Å²) in [7, 11) is -0.992. The molecule has 2 N–H and O–H groups in total. The summed E-state index contributed by atoms with van der Waals surface area (Å²) in [4.78, 5) is 32.4. The number of carbonyl (C=O) groups excluding carboxylic acids is 2. The summed E-state index contributed by atoms with van der Waals surface area (Å²) in [6.45, 7) is 4.71. The molecule has 0 bridgehead atoms. The van der Waals surface area contributed by atoms with E-state index in [4.69, 9.17) is 4.65 Å². The van der Waals surface area contributed by atoms with Crippen molar-refractivity contribution < 1.29 is 24.4 Å². The van der Waals surface area contributed by atoms with Gasteiger partial charge in [0.15, 0.2) is 0 Å². The van der Waals surface area contributed by atoms with Crippen LogP contribution in [0.2, 0.25) is 6.32 Å². The quantitative estimate of drug-likeness (QED) is 0.118. The van der Waals surface area contributed by atoms with Gasteiger partial charge in [0.25, 0.3) is 0 Å². The number of hydrogen-bond acceptors (Lipinski definition) is 6. The number of phenolic OH excluding ortho intramolecular Hbond substituents is 1. The van der Waals surface area contributed by atoms with Crippen molar-refractivity contribution in [2.24, 2.45) is 17.8 Å². The van der Waals surface area contributed by atoms with Gasteiger partial charge in [0, 0.05) is 25.7 Å². The fourth-order valence-corrected chi connectivity index (χ4v) is 8.72. The predicted octanol–water partition coefficient (Wildman–Crippen LogP) is 6.58. The highest BCUT2D eigenvalue weighted by atomic mass is 16.5. The first kappa shape index (κ1) is 32.6. The number of carbonyl (C=O) groups is 2. The number of likely N-dealkylation sites (tertiary alicyclic amines) is 2. The topological polar surface area (TPSA) is 90.3 Å². The first-order valence-electron chi connectivity index (χ1n) is 17.6. The van der Waals surface area contributed by atoms with Crippen molar-refractivity contribution in [2.75, 3.05) is 13.1 Å². The highest BCUT2D eigenvalue weighted by molar-refractivity contribution is 6.43. The van der Waals surface area contributed by atoms with Crippen molar-refractivity contribution in [1.82, 2.24) is 9.80 Å². The normalized spacial score (nSPS) is 25.4. The van der Waals surface area contributed by atoms with E-state index in [-0.39, 0.29) is 41.5 Å². The summed E-state index contributed by atoms with van der Waals surface area (Å²) >= 11 is 0. The Balaban J connectivity index is 1.10. The van der Waals surface area contributed by atoms with E-state index in [1.165, 1.54) is 11.1 Å². The Morgan fingerprint density at radius 3 is 2.38 bits per heavy atom. The van der Waals surface area contributed by atoms with Gasteiger partial charge in [-0.3, -0.25) is 19.4 Å². The summed E-state index contributed by atoms with van der Waals surface area (Å²) in [5, 5.41) is 21.1. The van der Waals surface area contributed by atoms with E-state index >= 15 is 0 Å². The van der Waals surface area contributed by atoms with Crippen molar-refractivity contribution in [3.63, 3.8) is 0 Å². The SMILES string of the molecule is CCC1=C2[C@@H](CC/C(=C/c3cccc(O)c3)c3ccccc3)OB(O)C[C@@H]2[C@@H]2C(=O)N(C3CCN(Cc4ccccc4)CC3)C(=O)[C@@H]2C1. The van der Waals surface area contributed by atoms with Gasteiger partial charge >= 0.3 is 7.12 Å². The monoisotopic (exact) mass is 644 g/mol. The highest BCUT2D eigenvalue weighted by Gasteiger charge is 2.58. The number of piperidine rings is 1. The van der Waals surface area contributed by atoms with Crippen LogP contribution in [0.4, 0.5) is 0 Å². The second-order valence-corrected chi connectivity index (χ2v) is 13.9. The van der Waals surface area contributed by atoms with Gasteiger partial charge in [-0.1, -0.05) is 91.4 Å². The number of nitrogens with zero attached hydrogens (tertiary/aromatic N) is 2. The molecule has 0 radical (unpaired) electrons. The Morgan fingerprint density at radius 1 is 0.938 bits per heavy atom. The molecule has 3 aromatic carbocycles. The van der Waals surface area contributed by atoms with Crippen molar-refractivity contribution >= 4 is 30.6 Å². The lowest BCUT2D eigenvalue weighted by molar-refractivity contribution is -0.144. The molecule has 1 aliphatic carbocycles. The van der Waals surface area contributed by atoms with E-state index in [1.54, 1.807) is 17.0 Å². The van der Waals surface area contributed by atoms with Crippen LogP contribution < -0.4 is 0 Å². The molecular formula is C40H45BN2O5. The summed E-state index contributed by atoms with van der Waals surface area (Å²) in [5.74, 6) is -0.861. The number of imide groups is 1. The van der Waals surface area contributed by atoms with Crippen LogP contribution in [0.15, 0.2) is 96.1 Å². The molecule has 7 rings (SSSR count). The van der Waals surface area contributed by atoms with E-state index in [1.807, 2.05) is 36.4 Å². The third kappa shape index (κ3) is 6.66. The third-order valence-corrected chi connectivity index (χ3v) is 11.0. The number of aromatic hydroxyl groups is 1. The van der Waals surface area contributed by atoms with Crippen LogP contribution >= 0.6 is 0 Å². The summed E-state index contributed by atoms with van der Waals surface area (Å²) in [5.41, 5.74) is 6.71. The Morgan fingerprint density at radius 2 is 1.67 bits per heavy atom. The molecule has 0 unspecified atom stereocenters. The average molecular weight is 645 g/mol. The number of allylic oxidation sites excluding steroid dienone is 2. The van der Waals surface area contributed by atoms with Crippen molar-refractivity contribution in [3.05, 3.63) is 113 Å². The second-order valence-electron chi connectivity index (χ2n) is 13.9. The summed E-state index contributed by atoms with van der Waals surface area (Å²) in [6.07, 6.45) is 6.35. The van der Waals surface area contributed by atoms with Gasteiger partial charge in [0.1, 0.15) is 5.75 Å². The number of rotatable bonds is 9. The van der Waals surface area contributed by atoms with Gasteiger partial charge in [0.05, 0.1) is 17.9 Å². The Kier molecular flexibility index (Phi) is 9.67. The van der Waals surface area contributed by atoms with Crippen molar-refractivity contribution in [1.29, 1.82) is 0 Å². The lowest BCUT2D eigenvalue weighted by atomic mass is 9.58. The Labute approximate surface area is 284 Å². The molecule has 48 heavy (non-hydrogen) atoms. The van der Waals surface area contributed by atoms with Crippen LogP contribution in [0, 0.1) is 17.8 Å². The maximum absolute atomic E-state index is 14.3. The molecule has 0 saturated carbocycles. The molecule has 248 valence electrons. The molecule has 7 nitrogen and oxygen atoms in total. The van der Waals surface area contributed by atoms with Crippen molar-refractivity contribution in [3.8, 4) is 5.75 Å². The lowest BCUT2D eigenvalue weighted by Crippen LogP contribution is -2.48. The standard InChI is InChI=1S/C40H45BN2O5/c1-2-29-24-34-38(40(46)43(39(34)45)32-18-20-42(21-19-32)26-27-10-5-3-6-11-27)35-25-41(47)48-36(37(29)35)17-16-31(30-13-7-4-8-14-30)22-28-12-9-15-33(44)23-28/h3-15,22-23,32,34-36,38,44,47H,2,16-21,24-26H2,1H3/b31-22-/t34-,35+,36-,38-/m1/s1. The molecular weight excluding hydrogens is 599 g/mol. The van der Waals surface area contributed by atoms with Crippen LogP contribution in [0.1, 0.15) is 62.1 Å². The van der Waals surface area contributed by atoms with Crippen LogP contribution in [0.3, 0.4) is 0 Å². The zero-order valence-corrected chi connectivity index (χ0v) is 27.7. The molecule has 3 aromatic rings. The van der Waals surface area contributed by atoms with Crippen LogP contribution in [0.5, 0.6) is 5.75 Å². The number of amides is 2. The molecule has 3 aliphatic heterocycles. The number of benzene rings is 3. The smallest absolute Gasteiger partial charge is 0.455 e. The average Bonchev–Trinajstić information content (AvgIpc) is 3.36. The largest absolute Gasteiger partial charge is 0.508 e. The fourth-order valence-electron chi connectivity index (χ4n) is 8.72.